The Morgan fingerprint density at radius 1 is 1.16 bits per heavy atom. The number of hydrogen-bond donors (Lipinski definition) is 2. The molecule has 0 radical (unpaired) electrons. The molecule has 1 atom stereocenters. The summed E-state index contributed by atoms with van der Waals surface area (Å²) in [5.74, 6) is -0.740. The van der Waals surface area contributed by atoms with E-state index in [-0.39, 0.29) is 5.78 Å². The van der Waals surface area contributed by atoms with Crippen LogP contribution in [-0.4, -0.2) is 22.4 Å². The maximum Gasteiger partial charge on any atom is 0.252 e. The second-order valence-electron chi connectivity index (χ2n) is 4.49. The largest absolute Gasteiger partial charge is 0.381 e. The number of amides is 1. The standard InChI is InChI=1S/C13H17NO3.C2H6/c1-9(15)11(10-7-5-4-6-8-10)14-12(16)13(2,3)17;1-2/h4-8,11,17H,1-3H3,(H,14,16);1-2H3. The zero-order valence-corrected chi connectivity index (χ0v) is 12.2. The lowest BCUT2D eigenvalue weighted by Crippen LogP contribution is -2.45. The predicted octanol–water partition coefficient (Wildman–Crippen LogP) is 2.23. The van der Waals surface area contributed by atoms with E-state index < -0.39 is 17.6 Å². The summed E-state index contributed by atoms with van der Waals surface area (Å²) >= 11 is 0. The number of carbonyl (C=O) groups is 2. The van der Waals surface area contributed by atoms with Gasteiger partial charge in [0, 0.05) is 0 Å². The molecule has 0 aromatic heterocycles. The zero-order valence-electron chi connectivity index (χ0n) is 12.2. The molecule has 0 spiro atoms. The van der Waals surface area contributed by atoms with Gasteiger partial charge >= 0.3 is 0 Å². The monoisotopic (exact) mass is 265 g/mol. The molecule has 4 heteroatoms. The Morgan fingerprint density at radius 3 is 2.00 bits per heavy atom. The fourth-order valence-electron chi connectivity index (χ4n) is 1.37. The van der Waals surface area contributed by atoms with Gasteiger partial charge in [0.1, 0.15) is 11.6 Å². The topological polar surface area (TPSA) is 66.4 Å². The molecule has 1 rings (SSSR count). The minimum Gasteiger partial charge on any atom is -0.381 e. The van der Waals surface area contributed by atoms with Crippen molar-refractivity contribution in [1.29, 1.82) is 0 Å². The summed E-state index contributed by atoms with van der Waals surface area (Å²) in [5, 5.41) is 12.1. The number of Topliss-reactive ketones (excluding diaryl/α,β-unsaturated/α-hetero) is 1. The van der Waals surface area contributed by atoms with Crippen LogP contribution in [0.3, 0.4) is 0 Å². The molecule has 4 nitrogen and oxygen atoms in total. The van der Waals surface area contributed by atoms with E-state index in [4.69, 9.17) is 0 Å². The van der Waals surface area contributed by atoms with E-state index in [1.807, 2.05) is 19.9 Å². The fraction of sp³-hybridized carbons (Fsp3) is 0.467. The maximum atomic E-state index is 11.6. The van der Waals surface area contributed by atoms with Gasteiger partial charge in [0.15, 0.2) is 5.78 Å². The van der Waals surface area contributed by atoms with Crippen molar-refractivity contribution in [3.63, 3.8) is 0 Å². The quantitative estimate of drug-likeness (QED) is 0.877. The average molecular weight is 265 g/mol. The van der Waals surface area contributed by atoms with Gasteiger partial charge in [0.2, 0.25) is 0 Å². The lowest BCUT2D eigenvalue weighted by Gasteiger charge is -2.22. The maximum absolute atomic E-state index is 11.6. The van der Waals surface area contributed by atoms with Crippen LogP contribution in [0.5, 0.6) is 0 Å². The Balaban J connectivity index is 0.00000154. The zero-order chi connectivity index (χ0) is 15.1. The first-order chi connectivity index (χ1) is 8.82. The highest BCUT2D eigenvalue weighted by Gasteiger charge is 2.28. The fourth-order valence-corrected chi connectivity index (χ4v) is 1.37. The molecule has 0 aliphatic heterocycles. The van der Waals surface area contributed by atoms with Crippen LogP contribution < -0.4 is 5.32 Å². The van der Waals surface area contributed by atoms with Crippen molar-refractivity contribution < 1.29 is 14.7 Å². The minimum absolute atomic E-state index is 0.172. The summed E-state index contributed by atoms with van der Waals surface area (Å²) < 4.78 is 0. The van der Waals surface area contributed by atoms with Crippen LogP contribution >= 0.6 is 0 Å². The van der Waals surface area contributed by atoms with Crippen LogP contribution in [0.15, 0.2) is 30.3 Å². The van der Waals surface area contributed by atoms with E-state index in [2.05, 4.69) is 5.32 Å². The van der Waals surface area contributed by atoms with Crippen molar-refractivity contribution >= 4 is 11.7 Å². The highest BCUT2D eigenvalue weighted by atomic mass is 16.3. The lowest BCUT2D eigenvalue weighted by molar-refractivity contribution is -0.139. The Labute approximate surface area is 114 Å². The number of aliphatic hydroxyl groups is 1. The van der Waals surface area contributed by atoms with E-state index in [0.29, 0.717) is 5.56 Å². The van der Waals surface area contributed by atoms with Crippen molar-refractivity contribution in [1.82, 2.24) is 5.32 Å². The van der Waals surface area contributed by atoms with Crippen LogP contribution in [-0.2, 0) is 9.59 Å². The smallest absolute Gasteiger partial charge is 0.252 e. The molecule has 106 valence electrons. The molecule has 2 N–H and O–H groups in total. The van der Waals surface area contributed by atoms with Crippen molar-refractivity contribution in [2.45, 2.75) is 46.3 Å². The van der Waals surface area contributed by atoms with Crippen LogP contribution in [0.1, 0.15) is 46.2 Å². The first-order valence-electron chi connectivity index (χ1n) is 6.41. The van der Waals surface area contributed by atoms with Gasteiger partial charge in [-0.3, -0.25) is 9.59 Å². The normalized spacial score (nSPS) is 11.9. The number of benzene rings is 1. The predicted molar refractivity (Wildman–Crippen MR) is 75.7 cm³/mol. The molecule has 1 unspecified atom stereocenters. The van der Waals surface area contributed by atoms with Gasteiger partial charge < -0.3 is 10.4 Å². The van der Waals surface area contributed by atoms with Crippen LogP contribution in [0, 0.1) is 0 Å². The Bertz CT molecular complexity index is 407. The lowest BCUT2D eigenvalue weighted by atomic mass is 10.0. The minimum atomic E-state index is -1.50. The summed E-state index contributed by atoms with van der Waals surface area (Å²) in [6, 6.07) is 8.23. The van der Waals surface area contributed by atoms with Gasteiger partial charge in [0.05, 0.1) is 0 Å². The van der Waals surface area contributed by atoms with Crippen LogP contribution in [0.25, 0.3) is 0 Å². The first-order valence-corrected chi connectivity index (χ1v) is 6.41. The highest BCUT2D eigenvalue weighted by Crippen LogP contribution is 2.15. The number of ketones is 1. The van der Waals surface area contributed by atoms with Crippen molar-refractivity contribution in [2.75, 3.05) is 0 Å². The molecule has 0 fully saturated rings. The molecule has 0 heterocycles. The third kappa shape index (κ3) is 5.66. The van der Waals surface area contributed by atoms with Gasteiger partial charge in [0.25, 0.3) is 5.91 Å². The van der Waals surface area contributed by atoms with Crippen LogP contribution in [0.2, 0.25) is 0 Å². The number of hydrogen-bond acceptors (Lipinski definition) is 3. The first kappa shape index (κ1) is 17.3. The molecule has 0 aliphatic rings. The van der Waals surface area contributed by atoms with Crippen molar-refractivity contribution in [2.24, 2.45) is 0 Å². The third-order valence-corrected chi connectivity index (χ3v) is 2.37. The molecule has 0 saturated heterocycles. The Kier molecular flexibility index (Phi) is 7.01. The van der Waals surface area contributed by atoms with E-state index in [1.165, 1.54) is 20.8 Å². The Morgan fingerprint density at radius 2 is 1.63 bits per heavy atom. The molecule has 0 aliphatic carbocycles. The van der Waals surface area contributed by atoms with Crippen molar-refractivity contribution in [3.8, 4) is 0 Å². The summed E-state index contributed by atoms with van der Waals surface area (Å²) in [7, 11) is 0. The number of rotatable bonds is 4. The molecule has 1 aromatic rings. The van der Waals surface area contributed by atoms with E-state index in [1.54, 1.807) is 24.3 Å². The summed E-state index contributed by atoms with van der Waals surface area (Å²) in [6.45, 7) is 8.16. The van der Waals surface area contributed by atoms with Gasteiger partial charge in [-0.15, -0.1) is 0 Å². The van der Waals surface area contributed by atoms with E-state index in [9.17, 15) is 14.7 Å². The molecule has 0 saturated carbocycles. The second-order valence-corrected chi connectivity index (χ2v) is 4.49. The van der Waals surface area contributed by atoms with Crippen molar-refractivity contribution in [3.05, 3.63) is 35.9 Å². The molecule has 19 heavy (non-hydrogen) atoms. The van der Waals surface area contributed by atoms with Gasteiger partial charge in [-0.05, 0) is 26.3 Å². The summed E-state index contributed by atoms with van der Waals surface area (Å²) in [4.78, 5) is 23.1. The molecule has 0 bridgehead atoms. The molecular formula is C15H23NO3. The van der Waals surface area contributed by atoms with E-state index in [0.717, 1.165) is 0 Å². The molecule has 1 amide bonds. The molecular weight excluding hydrogens is 242 g/mol. The van der Waals surface area contributed by atoms with Gasteiger partial charge in [-0.2, -0.15) is 0 Å². The van der Waals surface area contributed by atoms with E-state index >= 15 is 0 Å². The Hall–Kier alpha value is -1.68. The van der Waals surface area contributed by atoms with Gasteiger partial charge in [-0.25, -0.2) is 0 Å². The second kappa shape index (κ2) is 7.69. The molecule has 1 aromatic carbocycles. The number of carbonyl (C=O) groups excluding carboxylic acids is 2. The average Bonchev–Trinajstić information content (AvgIpc) is 2.37. The number of nitrogens with one attached hydrogen (secondary N) is 1. The highest BCUT2D eigenvalue weighted by molar-refractivity contribution is 5.91. The SMILES string of the molecule is CC.CC(=O)C(NC(=O)C(C)(C)O)c1ccccc1. The summed E-state index contributed by atoms with van der Waals surface area (Å²) in [6.07, 6.45) is 0. The third-order valence-electron chi connectivity index (χ3n) is 2.37. The summed E-state index contributed by atoms with van der Waals surface area (Å²) in [5.41, 5.74) is -0.791. The van der Waals surface area contributed by atoms with Crippen LogP contribution in [0.4, 0.5) is 0 Å². The van der Waals surface area contributed by atoms with Gasteiger partial charge in [-0.1, -0.05) is 44.2 Å².